The van der Waals surface area contributed by atoms with Crippen LogP contribution < -0.4 is 0 Å². The molecule has 0 saturated carbocycles. The van der Waals surface area contributed by atoms with Crippen LogP contribution in [0.15, 0.2) is 24.3 Å². The SMILES string of the molecule is O=C(O)CCCc1ccc(C(O)C(O)CBr)cc1. The number of alkyl halides is 1. The van der Waals surface area contributed by atoms with Gasteiger partial charge < -0.3 is 15.3 Å². The highest BCUT2D eigenvalue weighted by molar-refractivity contribution is 9.09. The Kier molecular flexibility index (Phi) is 6.32. The second kappa shape index (κ2) is 7.51. The molecule has 5 heteroatoms. The fraction of sp³-hybridized carbons (Fsp3) is 0.462. The van der Waals surface area contributed by atoms with E-state index in [9.17, 15) is 15.0 Å². The summed E-state index contributed by atoms with van der Waals surface area (Å²) in [6, 6.07) is 7.21. The molecule has 0 heterocycles. The van der Waals surface area contributed by atoms with Gasteiger partial charge in [0.25, 0.3) is 0 Å². The molecular formula is C13H17BrO4. The minimum Gasteiger partial charge on any atom is -0.481 e. The van der Waals surface area contributed by atoms with Gasteiger partial charge in [-0.05, 0) is 24.0 Å². The largest absolute Gasteiger partial charge is 0.481 e. The number of carboxylic acids is 1. The van der Waals surface area contributed by atoms with E-state index in [2.05, 4.69) is 15.9 Å². The summed E-state index contributed by atoms with van der Waals surface area (Å²) in [5.41, 5.74) is 1.68. The lowest BCUT2D eigenvalue weighted by Crippen LogP contribution is -2.19. The number of hydrogen-bond acceptors (Lipinski definition) is 3. The fourth-order valence-corrected chi connectivity index (χ4v) is 1.99. The monoisotopic (exact) mass is 316 g/mol. The molecule has 1 aromatic carbocycles. The molecule has 2 unspecified atom stereocenters. The third kappa shape index (κ3) is 4.76. The maximum atomic E-state index is 10.4. The van der Waals surface area contributed by atoms with Crippen molar-refractivity contribution in [1.29, 1.82) is 0 Å². The molecule has 3 N–H and O–H groups in total. The predicted molar refractivity (Wildman–Crippen MR) is 71.8 cm³/mol. The van der Waals surface area contributed by atoms with E-state index in [4.69, 9.17) is 5.11 Å². The van der Waals surface area contributed by atoms with Gasteiger partial charge in [-0.15, -0.1) is 0 Å². The van der Waals surface area contributed by atoms with Crippen molar-refractivity contribution >= 4 is 21.9 Å². The molecule has 4 nitrogen and oxygen atoms in total. The summed E-state index contributed by atoms with van der Waals surface area (Å²) in [5, 5.41) is 28.1. The third-order valence-corrected chi connectivity index (χ3v) is 3.36. The molecule has 0 aliphatic carbocycles. The number of aliphatic hydroxyl groups excluding tert-OH is 2. The van der Waals surface area contributed by atoms with Gasteiger partial charge in [0, 0.05) is 11.8 Å². The summed E-state index contributed by atoms with van der Waals surface area (Å²) in [7, 11) is 0. The van der Waals surface area contributed by atoms with Crippen LogP contribution in [0.5, 0.6) is 0 Å². The number of benzene rings is 1. The summed E-state index contributed by atoms with van der Waals surface area (Å²) in [5.74, 6) is -0.789. The van der Waals surface area contributed by atoms with Crippen molar-refractivity contribution in [2.45, 2.75) is 31.5 Å². The average molecular weight is 317 g/mol. The maximum Gasteiger partial charge on any atom is 0.303 e. The van der Waals surface area contributed by atoms with Gasteiger partial charge in [0.15, 0.2) is 0 Å². The molecule has 0 bridgehead atoms. The first-order valence-electron chi connectivity index (χ1n) is 5.77. The number of aliphatic hydroxyl groups is 2. The maximum absolute atomic E-state index is 10.4. The minimum absolute atomic E-state index is 0.159. The highest BCUT2D eigenvalue weighted by atomic mass is 79.9. The van der Waals surface area contributed by atoms with Crippen molar-refractivity contribution in [2.24, 2.45) is 0 Å². The Hall–Kier alpha value is -0.910. The first-order valence-corrected chi connectivity index (χ1v) is 6.89. The van der Waals surface area contributed by atoms with E-state index in [0.29, 0.717) is 23.7 Å². The molecule has 0 aliphatic heterocycles. The Morgan fingerprint density at radius 1 is 1.22 bits per heavy atom. The van der Waals surface area contributed by atoms with Crippen molar-refractivity contribution < 1.29 is 20.1 Å². The van der Waals surface area contributed by atoms with Crippen LogP contribution in [-0.4, -0.2) is 32.7 Å². The van der Waals surface area contributed by atoms with Gasteiger partial charge in [-0.25, -0.2) is 0 Å². The lowest BCUT2D eigenvalue weighted by molar-refractivity contribution is -0.137. The van der Waals surface area contributed by atoms with E-state index in [1.165, 1.54) is 0 Å². The number of rotatable bonds is 7. The fourth-order valence-electron chi connectivity index (χ4n) is 1.63. The number of hydrogen-bond donors (Lipinski definition) is 3. The van der Waals surface area contributed by atoms with E-state index >= 15 is 0 Å². The van der Waals surface area contributed by atoms with Crippen molar-refractivity contribution in [1.82, 2.24) is 0 Å². The van der Waals surface area contributed by atoms with Gasteiger partial charge in [-0.1, -0.05) is 40.2 Å². The normalized spacial score (nSPS) is 14.2. The van der Waals surface area contributed by atoms with E-state index in [-0.39, 0.29) is 6.42 Å². The topological polar surface area (TPSA) is 77.8 Å². The minimum atomic E-state index is -0.905. The first-order chi connectivity index (χ1) is 8.54. The van der Waals surface area contributed by atoms with Crippen molar-refractivity contribution in [3.63, 3.8) is 0 Å². The molecule has 18 heavy (non-hydrogen) atoms. The number of halogens is 1. The van der Waals surface area contributed by atoms with Crippen LogP contribution in [-0.2, 0) is 11.2 Å². The summed E-state index contributed by atoms with van der Waals surface area (Å²) in [6.07, 6.45) is -0.280. The Bertz CT molecular complexity index is 377. The van der Waals surface area contributed by atoms with Gasteiger partial charge in [0.2, 0.25) is 0 Å². The van der Waals surface area contributed by atoms with Crippen molar-refractivity contribution in [2.75, 3.05) is 5.33 Å². The molecule has 0 spiro atoms. The summed E-state index contributed by atoms with van der Waals surface area (Å²) < 4.78 is 0. The number of carbonyl (C=O) groups is 1. The zero-order chi connectivity index (χ0) is 13.5. The highest BCUT2D eigenvalue weighted by Crippen LogP contribution is 2.19. The second-order valence-electron chi connectivity index (χ2n) is 4.16. The van der Waals surface area contributed by atoms with E-state index < -0.39 is 18.2 Å². The van der Waals surface area contributed by atoms with Gasteiger partial charge >= 0.3 is 5.97 Å². The molecule has 0 fully saturated rings. The molecule has 100 valence electrons. The number of carboxylic acid groups (broad SMARTS) is 1. The molecule has 0 aromatic heterocycles. The summed E-state index contributed by atoms with van der Waals surface area (Å²) in [4.78, 5) is 10.4. The Balaban J connectivity index is 2.54. The van der Waals surface area contributed by atoms with Crippen molar-refractivity contribution in [3.05, 3.63) is 35.4 Å². The third-order valence-electron chi connectivity index (χ3n) is 2.70. The van der Waals surface area contributed by atoms with Gasteiger partial charge in [0.1, 0.15) is 6.10 Å². The van der Waals surface area contributed by atoms with Crippen LogP contribution in [0.2, 0.25) is 0 Å². The van der Waals surface area contributed by atoms with Gasteiger partial charge in [0.05, 0.1) is 6.10 Å². The zero-order valence-corrected chi connectivity index (χ0v) is 11.5. The summed E-state index contributed by atoms with van der Waals surface area (Å²) in [6.45, 7) is 0. The molecule has 1 rings (SSSR count). The molecule has 0 amide bonds. The zero-order valence-electron chi connectivity index (χ0n) is 9.92. The number of aliphatic carboxylic acids is 1. The lowest BCUT2D eigenvalue weighted by Gasteiger charge is -2.16. The van der Waals surface area contributed by atoms with E-state index in [0.717, 1.165) is 5.56 Å². The quantitative estimate of drug-likeness (QED) is 0.671. The molecular weight excluding hydrogens is 300 g/mol. The van der Waals surface area contributed by atoms with Crippen LogP contribution in [0.25, 0.3) is 0 Å². The molecule has 0 aliphatic rings. The van der Waals surface area contributed by atoms with Crippen LogP contribution in [0.4, 0.5) is 0 Å². The van der Waals surface area contributed by atoms with Gasteiger partial charge in [-0.3, -0.25) is 4.79 Å². The molecule has 0 saturated heterocycles. The Morgan fingerprint density at radius 3 is 2.33 bits per heavy atom. The molecule has 0 radical (unpaired) electrons. The van der Waals surface area contributed by atoms with Crippen LogP contribution in [0.1, 0.15) is 30.1 Å². The standard InChI is InChI=1S/C13H17BrO4/c14-8-11(15)13(18)10-6-4-9(5-7-10)2-1-3-12(16)17/h4-7,11,13,15,18H,1-3,8H2,(H,16,17). The molecule has 2 atom stereocenters. The van der Waals surface area contributed by atoms with Crippen molar-refractivity contribution in [3.8, 4) is 0 Å². The second-order valence-corrected chi connectivity index (χ2v) is 4.80. The lowest BCUT2D eigenvalue weighted by atomic mass is 10.0. The average Bonchev–Trinajstić information content (AvgIpc) is 2.37. The van der Waals surface area contributed by atoms with Crippen LogP contribution in [0, 0.1) is 0 Å². The predicted octanol–water partition coefficient (Wildman–Crippen LogP) is 1.88. The first kappa shape index (κ1) is 15.1. The Labute approximate surface area is 114 Å². The van der Waals surface area contributed by atoms with E-state index in [1.54, 1.807) is 12.1 Å². The van der Waals surface area contributed by atoms with Crippen LogP contribution in [0.3, 0.4) is 0 Å². The molecule has 1 aromatic rings. The smallest absolute Gasteiger partial charge is 0.303 e. The highest BCUT2D eigenvalue weighted by Gasteiger charge is 2.16. The Morgan fingerprint density at radius 2 is 1.83 bits per heavy atom. The van der Waals surface area contributed by atoms with Crippen LogP contribution >= 0.6 is 15.9 Å². The van der Waals surface area contributed by atoms with E-state index in [1.807, 2.05) is 12.1 Å². The van der Waals surface area contributed by atoms with Gasteiger partial charge in [-0.2, -0.15) is 0 Å². The number of aryl methyl sites for hydroxylation is 1. The summed E-state index contributed by atoms with van der Waals surface area (Å²) >= 11 is 3.11.